The monoisotopic (exact) mass is 347 g/mol. The number of fused-ring (bicyclic) bond motifs is 1. The Bertz CT molecular complexity index is 822. The smallest absolute Gasteiger partial charge is 0.191 e. The highest BCUT2D eigenvalue weighted by molar-refractivity contribution is 5.58. The van der Waals surface area contributed by atoms with Gasteiger partial charge in [-0.3, -0.25) is 4.98 Å². The maximum Gasteiger partial charge on any atom is 0.191 e. The maximum atomic E-state index is 9.81. The van der Waals surface area contributed by atoms with E-state index < -0.39 is 11.3 Å². The fourth-order valence-corrected chi connectivity index (χ4v) is 3.81. The zero-order valence-electron chi connectivity index (χ0n) is 14.7. The van der Waals surface area contributed by atoms with Crippen molar-refractivity contribution in [2.24, 2.45) is 17.1 Å². The highest BCUT2D eigenvalue weighted by Gasteiger charge is 2.53. The van der Waals surface area contributed by atoms with E-state index in [0.717, 1.165) is 30.4 Å². The van der Waals surface area contributed by atoms with Crippen molar-refractivity contribution in [2.45, 2.75) is 32.1 Å². The minimum atomic E-state index is -1.53. The Morgan fingerprint density at radius 2 is 2.04 bits per heavy atom. The summed E-state index contributed by atoms with van der Waals surface area (Å²) in [5.74, 6) is -0.468. The number of rotatable bonds is 1. The molecule has 0 fully saturated rings. The molecule has 6 nitrogen and oxygen atoms in total. The first kappa shape index (κ1) is 19.2. The summed E-state index contributed by atoms with van der Waals surface area (Å²) in [7, 11) is 0. The summed E-state index contributed by atoms with van der Waals surface area (Å²) >= 11 is 0. The Kier molecular flexibility index (Phi) is 6.12. The number of hydrogen-bond acceptors (Lipinski definition) is 6. The molecule has 3 N–H and O–H groups in total. The predicted octanol–water partition coefficient (Wildman–Crippen LogP) is 2.67. The van der Waals surface area contributed by atoms with Crippen molar-refractivity contribution < 1.29 is 5.11 Å². The predicted molar refractivity (Wildman–Crippen MR) is 95.6 cm³/mol. The third-order valence-corrected chi connectivity index (χ3v) is 4.84. The molecule has 0 spiro atoms. The first-order valence-corrected chi connectivity index (χ1v) is 8.55. The molecule has 0 aliphatic heterocycles. The number of aromatic nitrogens is 1. The van der Waals surface area contributed by atoms with E-state index in [1.165, 1.54) is 0 Å². The standard InChI is InChI=1S/C18H15N5.C2H6O/c19-8-15-13-5-1-2-6-14(13)16(12-4-3-7-23-9-12)18(10-20,11-21)17(15)22;1-2-3/h3-5,7,9,14,16H,1-2,6,22H2;3H,2H2,1H3/t14-,16+;/m1./s1. The number of nitrogens with two attached hydrogens (primary N) is 1. The van der Waals surface area contributed by atoms with Crippen molar-refractivity contribution in [1.29, 1.82) is 15.8 Å². The van der Waals surface area contributed by atoms with Crippen LogP contribution in [0.5, 0.6) is 0 Å². The highest BCUT2D eigenvalue weighted by Crippen LogP contribution is 2.55. The van der Waals surface area contributed by atoms with Crippen LogP contribution in [-0.2, 0) is 0 Å². The molecule has 2 atom stereocenters. The van der Waals surface area contributed by atoms with Gasteiger partial charge in [0.2, 0.25) is 0 Å². The average Bonchev–Trinajstić information content (AvgIpc) is 2.68. The van der Waals surface area contributed by atoms with E-state index in [4.69, 9.17) is 10.8 Å². The van der Waals surface area contributed by atoms with Crippen molar-refractivity contribution in [1.82, 2.24) is 4.98 Å². The Balaban J connectivity index is 0.000000758. The molecular formula is C20H21N5O. The lowest BCUT2D eigenvalue weighted by Gasteiger charge is -2.43. The second-order valence-electron chi connectivity index (χ2n) is 6.21. The van der Waals surface area contributed by atoms with Crippen LogP contribution in [0.4, 0.5) is 0 Å². The quantitative estimate of drug-likeness (QED) is 0.803. The van der Waals surface area contributed by atoms with Gasteiger partial charge >= 0.3 is 0 Å². The van der Waals surface area contributed by atoms with Gasteiger partial charge in [0.25, 0.3) is 0 Å². The lowest BCUT2D eigenvalue weighted by Crippen LogP contribution is -2.42. The van der Waals surface area contributed by atoms with Crippen LogP contribution in [0.1, 0.15) is 37.7 Å². The van der Waals surface area contributed by atoms with Crippen LogP contribution < -0.4 is 5.73 Å². The largest absolute Gasteiger partial charge is 0.399 e. The van der Waals surface area contributed by atoms with Gasteiger partial charge in [0.1, 0.15) is 6.07 Å². The Hall–Kier alpha value is -3.14. The van der Waals surface area contributed by atoms with Crippen molar-refractivity contribution in [2.75, 3.05) is 6.61 Å². The minimum absolute atomic E-state index is 0.0609. The lowest BCUT2D eigenvalue weighted by atomic mass is 9.57. The van der Waals surface area contributed by atoms with Gasteiger partial charge < -0.3 is 10.8 Å². The molecule has 0 saturated heterocycles. The van der Waals surface area contributed by atoms with Crippen molar-refractivity contribution in [3.05, 3.63) is 53.0 Å². The molecular weight excluding hydrogens is 326 g/mol. The lowest BCUT2D eigenvalue weighted by molar-refractivity contribution is 0.317. The van der Waals surface area contributed by atoms with Gasteiger partial charge in [0, 0.05) is 24.9 Å². The van der Waals surface area contributed by atoms with Crippen LogP contribution in [0.3, 0.4) is 0 Å². The SMILES string of the molecule is CCO.N#CC1=C(N)C(C#N)(C#N)[C@@H](c2cccnc2)[C@@H]2CCCC=C12. The molecule has 6 heteroatoms. The Morgan fingerprint density at radius 1 is 1.35 bits per heavy atom. The molecule has 1 aromatic heterocycles. The highest BCUT2D eigenvalue weighted by atomic mass is 16.2. The molecule has 0 unspecified atom stereocenters. The molecule has 2 aliphatic carbocycles. The van der Waals surface area contributed by atoms with E-state index in [1.807, 2.05) is 12.1 Å². The van der Waals surface area contributed by atoms with Crippen molar-refractivity contribution >= 4 is 0 Å². The van der Waals surface area contributed by atoms with E-state index in [-0.39, 0.29) is 18.2 Å². The van der Waals surface area contributed by atoms with E-state index in [9.17, 15) is 15.8 Å². The number of pyridine rings is 1. The van der Waals surface area contributed by atoms with Gasteiger partial charge in [-0.1, -0.05) is 12.1 Å². The Labute approximate surface area is 153 Å². The zero-order valence-corrected chi connectivity index (χ0v) is 14.7. The first-order chi connectivity index (χ1) is 12.6. The number of nitrogens with zero attached hydrogens (tertiary/aromatic N) is 4. The number of aliphatic hydroxyl groups is 1. The van der Waals surface area contributed by atoms with E-state index in [1.54, 1.807) is 25.4 Å². The fraction of sp³-hybridized carbons (Fsp3) is 0.400. The van der Waals surface area contributed by atoms with Gasteiger partial charge in [-0.05, 0) is 49.3 Å². The van der Waals surface area contributed by atoms with Gasteiger partial charge in [0.05, 0.1) is 23.4 Å². The van der Waals surface area contributed by atoms with Crippen LogP contribution in [0.2, 0.25) is 0 Å². The van der Waals surface area contributed by atoms with Crippen LogP contribution in [0, 0.1) is 45.3 Å². The Morgan fingerprint density at radius 3 is 2.58 bits per heavy atom. The van der Waals surface area contributed by atoms with Crippen LogP contribution in [0.25, 0.3) is 0 Å². The number of allylic oxidation sites excluding steroid dienone is 4. The van der Waals surface area contributed by atoms with Crippen LogP contribution >= 0.6 is 0 Å². The molecule has 0 radical (unpaired) electrons. The van der Waals surface area contributed by atoms with Gasteiger partial charge in [-0.25, -0.2) is 0 Å². The third-order valence-electron chi connectivity index (χ3n) is 4.84. The zero-order chi connectivity index (χ0) is 19.2. The summed E-state index contributed by atoms with van der Waals surface area (Å²) < 4.78 is 0. The molecule has 0 bridgehead atoms. The summed E-state index contributed by atoms with van der Waals surface area (Å²) in [5, 5.41) is 36.7. The number of hydrogen-bond donors (Lipinski definition) is 2. The summed E-state index contributed by atoms with van der Waals surface area (Å²) in [5.41, 5.74) is 6.71. The second kappa shape index (κ2) is 8.30. The summed E-state index contributed by atoms with van der Waals surface area (Å²) in [6.45, 7) is 1.93. The fourth-order valence-electron chi connectivity index (χ4n) is 3.81. The number of aliphatic hydroxyl groups excluding tert-OH is 1. The van der Waals surface area contributed by atoms with E-state index in [0.29, 0.717) is 5.57 Å². The van der Waals surface area contributed by atoms with Crippen LogP contribution in [0.15, 0.2) is 47.4 Å². The normalized spacial score (nSPS) is 23.1. The molecule has 0 aromatic carbocycles. The summed E-state index contributed by atoms with van der Waals surface area (Å²) in [4.78, 5) is 4.14. The second-order valence-corrected chi connectivity index (χ2v) is 6.21. The average molecular weight is 347 g/mol. The molecule has 132 valence electrons. The van der Waals surface area contributed by atoms with Gasteiger partial charge in [0.15, 0.2) is 5.41 Å². The first-order valence-electron chi connectivity index (χ1n) is 8.55. The van der Waals surface area contributed by atoms with E-state index in [2.05, 4.69) is 23.2 Å². The third kappa shape index (κ3) is 3.06. The van der Waals surface area contributed by atoms with Crippen LogP contribution in [-0.4, -0.2) is 16.7 Å². The summed E-state index contributed by atoms with van der Waals surface area (Å²) in [6.07, 6.45) is 8.05. The molecule has 1 heterocycles. The van der Waals surface area contributed by atoms with Crippen molar-refractivity contribution in [3.63, 3.8) is 0 Å². The summed E-state index contributed by atoms with van der Waals surface area (Å²) in [6, 6.07) is 10.0. The minimum Gasteiger partial charge on any atom is -0.399 e. The topological polar surface area (TPSA) is 131 Å². The molecule has 26 heavy (non-hydrogen) atoms. The molecule has 3 rings (SSSR count). The molecule has 0 saturated carbocycles. The number of nitriles is 3. The molecule has 1 aromatic rings. The molecule has 0 amide bonds. The van der Waals surface area contributed by atoms with Crippen molar-refractivity contribution in [3.8, 4) is 18.2 Å². The molecule has 2 aliphatic rings. The van der Waals surface area contributed by atoms with E-state index >= 15 is 0 Å². The van der Waals surface area contributed by atoms with Gasteiger partial charge in [-0.2, -0.15) is 15.8 Å². The maximum absolute atomic E-state index is 9.81. The van der Waals surface area contributed by atoms with Gasteiger partial charge in [-0.15, -0.1) is 0 Å².